The number of carbonyl (C=O) groups excluding carboxylic acids is 3. The van der Waals surface area contributed by atoms with E-state index >= 15 is 0 Å². The van der Waals surface area contributed by atoms with Gasteiger partial charge in [0.05, 0.1) is 5.56 Å². The largest absolute Gasteiger partial charge is 0.452 e. The summed E-state index contributed by atoms with van der Waals surface area (Å²) in [6, 6.07) is 14.7. The fourth-order valence-electron chi connectivity index (χ4n) is 2.93. The van der Waals surface area contributed by atoms with E-state index in [1.165, 1.54) is 6.92 Å². The first-order valence-electron chi connectivity index (χ1n) is 9.35. The van der Waals surface area contributed by atoms with Gasteiger partial charge in [0, 0.05) is 37.1 Å². The standard InChI is InChI=1S/C22H23N3O4/c1-15(26)24-12-16-6-8-17(9-7-16)22(28)29-14-21(27)23-11-10-18-13-25-20-5-3-2-4-19(18)20/h2-9,13,25H,10-12,14H2,1H3,(H,23,27)(H,24,26). The Bertz CT molecular complexity index is 1010. The Morgan fingerprint density at radius 2 is 1.76 bits per heavy atom. The van der Waals surface area contributed by atoms with E-state index in [2.05, 4.69) is 15.6 Å². The monoisotopic (exact) mass is 393 g/mol. The van der Waals surface area contributed by atoms with Gasteiger partial charge in [-0.1, -0.05) is 30.3 Å². The van der Waals surface area contributed by atoms with E-state index in [0.29, 0.717) is 25.1 Å². The van der Waals surface area contributed by atoms with Gasteiger partial charge in [-0.25, -0.2) is 4.79 Å². The molecular weight excluding hydrogens is 370 g/mol. The minimum atomic E-state index is -0.567. The highest BCUT2D eigenvalue weighted by Gasteiger charge is 2.10. The number of para-hydroxylation sites is 1. The molecule has 150 valence electrons. The summed E-state index contributed by atoms with van der Waals surface area (Å²) in [5.41, 5.74) is 3.40. The van der Waals surface area contributed by atoms with Gasteiger partial charge in [-0.05, 0) is 35.7 Å². The molecule has 0 aliphatic heterocycles. The SMILES string of the molecule is CC(=O)NCc1ccc(C(=O)OCC(=O)NCCc2c[nH]c3ccccc23)cc1. The number of benzene rings is 2. The highest BCUT2D eigenvalue weighted by molar-refractivity contribution is 5.91. The van der Waals surface area contributed by atoms with Crippen LogP contribution in [0.4, 0.5) is 0 Å². The molecule has 0 fully saturated rings. The summed E-state index contributed by atoms with van der Waals surface area (Å²) in [5.74, 6) is -1.03. The second kappa shape index (κ2) is 9.54. The van der Waals surface area contributed by atoms with E-state index in [9.17, 15) is 14.4 Å². The summed E-state index contributed by atoms with van der Waals surface area (Å²) in [6.07, 6.45) is 2.62. The molecule has 3 rings (SSSR count). The van der Waals surface area contributed by atoms with Crippen LogP contribution in [0.1, 0.15) is 28.4 Å². The third-order valence-electron chi connectivity index (χ3n) is 4.46. The van der Waals surface area contributed by atoms with Gasteiger partial charge in [-0.3, -0.25) is 9.59 Å². The van der Waals surface area contributed by atoms with Crippen LogP contribution in [0, 0.1) is 0 Å². The summed E-state index contributed by atoms with van der Waals surface area (Å²) in [6.45, 7) is 1.96. The fourth-order valence-corrected chi connectivity index (χ4v) is 2.93. The first-order chi connectivity index (χ1) is 14.0. The molecule has 2 amide bonds. The molecule has 7 heteroatoms. The van der Waals surface area contributed by atoms with Gasteiger partial charge < -0.3 is 20.4 Å². The fraction of sp³-hybridized carbons (Fsp3) is 0.227. The number of ether oxygens (including phenoxy) is 1. The van der Waals surface area contributed by atoms with Crippen LogP contribution in [0.2, 0.25) is 0 Å². The topological polar surface area (TPSA) is 100 Å². The molecule has 0 radical (unpaired) electrons. The van der Waals surface area contributed by atoms with Crippen LogP contribution >= 0.6 is 0 Å². The van der Waals surface area contributed by atoms with Crippen molar-refractivity contribution < 1.29 is 19.1 Å². The van der Waals surface area contributed by atoms with Crippen LogP contribution in [0.15, 0.2) is 54.7 Å². The van der Waals surface area contributed by atoms with Crippen molar-refractivity contribution in [1.29, 1.82) is 0 Å². The molecule has 1 aromatic heterocycles. The number of carbonyl (C=O) groups is 3. The third-order valence-corrected chi connectivity index (χ3v) is 4.46. The molecule has 0 aliphatic carbocycles. The van der Waals surface area contributed by atoms with E-state index in [1.54, 1.807) is 24.3 Å². The quantitative estimate of drug-likeness (QED) is 0.511. The molecule has 0 atom stereocenters. The highest BCUT2D eigenvalue weighted by Crippen LogP contribution is 2.17. The molecule has 0 aliphatic rings. The number of fused-ring (bicyclic) bond motifs is 1. The summed E-state index contributed by atoms with van der Waals surface area (Å²) in [4.78, 5) is 38.1. The minimum Gasteiger partial charge on any atom is -0.452 e. The molecule has 3 N–H and O–H groups in total. The number of aromatic amines is 1. The third kappa shape index (κ3) is 5.68. The zero-order valence-corrected chi connectivity index (χ0v) is 16.2. The minimum absolute atomic E-state index is 0.121. The van der Waals surface area contributed by atoms with Gasteiger partial charge in [0.15, 0.2) is 6.61 Å². The Kier molecular flexibility index (Phi) is 6.63. The molecule has 0 saturated carbocycles. The number of rotatable bonds is 8. The first-order valence-corrected chi connectivity index (χ1v) is 9.35. The summed E-state index contributed by atoms with van der Waals surface area (Å²) in [5, 5.41) is 6.57. The van der Waals surface area contributed by atoms with E-state index in [4.69, 9.17) is 4.74 Å². The lowest BCUT2D eigenvalue weighted by Crippen LogP contribution is -2.30. The van der Waals surface area contributed by atoms with Gasteiger partial charge >= 0.3 is 5.97 Å². The zero-order chi connectivity index (χ0) is 20.6. The van der Waals surface area contributed by atoms with Gasteiger partial charge in [-0.15, -0.1) is 0 Å². The molecular formula is C22H23N3O4. The van der Waals surface area contributed by atoms with Crippen LogP contribution in [0.25, 0.3) is 10.9 Å². The summed E-state index contributed by atoms with van der Waals surface area (Å²) >= 11 is 0. The predicted molar refractivity (Wildman–Crippen MR) is 109 cm³/mol. The van der Waals surface area contributed by atoms with E-state index in [0.717, 1.165) is 22.0 Å². The van der Waals surface area contributed by atoms with E-state index in [-0.39, 0.29) is 18.4 Å². The number of amides is 2. The van der Waals surface area contributed by atoms with Gasteiger partial charge in [0.2, 0.25) is 5.91 Å². The number of aromatic nitrogens is 1. The maximum absolute atomic E-state index is 12.1. The van der Waals surface area contributed by atoms with Crippen molar-refractivity contribution in [1.82, 2.24) is 15.6 Å². The first kappa shape index (κ1) is 20.1. The molecule has 0 spiro atoms. The van der Waals surface area contributed by atoms with Crippen molar-refractivity contribution in [3.05, 3.63) is 71.4 Å². The highest BCUT2D eigenvalue weighted by atomic mass is 16.5. The second-order valence-corrected chi connectivity index (χ2v) is 6.64. The Hall–Kier alpha value is -3.61. The van der Waals surface area contributed by atoms with E-state index in [1.807, 2.05) is 30.5 Å². The number of hydrogen-bond donors (Lipinski definition) is 3. The Morgan fingerprint density at radius 1 is 1.00 bits per heavy atom. The lowest BCUT2D eigenvalue weighted by atomic mass is 10.1. The van der Waals surface area contributed by atoms with Crippen molar-refractivity contribution >= 4 is 28.7 Å². The van der Waals surface area contributed by atoms with Crippen LogP contribution in [-0.2, 0) is 27.3 Å². The summed E-state index contributed by atoms with van der Waals surface area (Å²) in [7, 11) is 0. The number of nitrogens with one attached hydrogen (secondary N) is 3. The van der Waals surface area contributed by atoms with Gasteiger partial charge in [0.1, 0.15) is 0 Å². The van der Waals surface area contributed by atoms with Crippen LogP contribution < -0.4 is 10.6 Å². The number of H-pyrrole nitrogens is 1. The van der Waals surface area contributed by atoms with E-state index < -0.39 is 5.97 Å². The average molecular weight is 393 g/mol. The number of esters is 1. The molecule has 1 heterocycles. The Balaban J connectivity index is 1.40. The Labute approximate surface area is 168 Å². The van der Waals surface area contributed by atoms with Gasteiger partial charge in [-0.2, -0.15) is 0 Å². The lowest BCUT2D eigenvalue weighted by molar-refractivity contribution is -0.124. The second-order valence-electron chi connectivity index (χ2n) is 6.64. The lowest BCUT2D eigenvalue weighted by Gasteiger charge is -2.07. The van der Waals surface area contributed by atoms with Crippen LogP contribution in [0.5, 0.6) is 0 Å². The van der Waals surface area contributed by atoms with Crippen LogP contribution in [0.3, 0.4) is 0 Å². The molecule has 7 nitrogen and oxygen atoms in total. The molecule has 2 aromatic carbocycles. The zero-order valence-electron chi connectivity index (χ0n) is 16.2. The molecule has 3 aromatic rings. The van der Waals surface area contributed by atoms with Crippen molar-refractivity contribution in [3.8, 4) is 0 Å². The van der Waals surface area contributed by atoms with Gasteiger partial charge in [0.25, 0.3) is 5.91 Å². The summed E-state index contributed by atoms with van der Waals surface area (Å²) < 4.78 is 5.06. The maximum Gasteiger partial charge on any atom is 0.338 e. The smallest absolute Gasteiger partial charge is 0.338 e. The number of hydrogen-bond acceptors (Lipinski definition) is 4. The van der Waals surface area contributed by atoms with Crippen molar-refractivity contribution in [3.63, 3.8) is 0 Å². The van der Waals surface area contributed by atoms with Crippen molar-refractivity contribution in [2.45, 2.75) is 19.9 Å². The van der Waals surface area contributed by atoms with Crippen molar-refractivity contribution in [2.75, 3.05) is 13.2 Å². The Morgan fingerprint density at radius 3 is 2.52 bits per heavy atom. The maximum atomic E-state index is 12.1. The average Bonchev–Trinajstić information content (AvgIpc) is 3.14. The molecule has 0 bridgehead atoms. The molecule has 0 unspecified atom stereocenters. The predicted octanol–water partition coefficient (Wildman–Crippen LogP) is 2.32. The molecule has 29 heavy (non-hydrogen) atoms. The van der Waals surface area contributed by atoms with Crippen molar-refractivity contribution in [2.24, 2.45) is 0 Å². The molecule has 0 saturated heterocycles. The normalized spacial score (nSPS) is 10.5. The van der Waals surface area contributed by atoms with Crippen LogP contribution in [-0.4, -0.2) is 35.9 Å².